The van der Waals surface area contributed by atoms with Crippen LogP contribution in [0.25, 0.3) is 0 Å². The molecular formula is C27H19ClN2O4S2. The molecule has 1 saturated heterocycles. The molecule has 0 saturated carbocycles. The lowest BCUT2D eigenvalue weighted by Gasteiger charge is -2.29. The van der Waals surface area contributed by atoms with Crippen LogP contribution in [0.1, 0.15) is 21.9 Å². The van der Waals surface area contributed by atoms with Crippen molar-refractivity contribution in [3.63, 3.8) is 0 Å². The third-order valence-corrected chi connectivity index (χ3v) is 9.05. The molecule has 2 aliphatic rings. The summed E-state index contributed by atoms with van der Waals surface area (Å²) >= 11 is 8.32. The Labute approximate surface area is 219 Å². The Bertz CT molecular complexity index is 1500. The molecule has 6 rings (SSSR count). The van der Waals surface area contributed by atoms with Gasteiger partial charge in [0.25, 0.3) is 0 Å². The summed E-state index contributed by atoms with van der Waals surface area (Å²) in [5.41, 5.74) is 2.41. The van der Waals surface area contributed by atoms with Crippen molar-refractivity contribution in [1.29, 1.82) is 0 Å². The quantitative estimate of drug-likeness (QED) is 0.344. The minimum absolute atomic E-state index is 0.194. The van der Waals surface area contributed by atoms with Crippen LogP contribution in [0.3, 0.4) is 0 Å². The number of aromatic nitrogens is 1. The van der Waals surface area contributed by atoms with E-state index in [2.05, 4.69) is 4.98 Å². The number of carbonyl (C=O) groups is 2. The first-order valence-electron chi connectivity index (χ1n) is 11.3. The molecule has 3 heterocycles. The van der Waals surface area contributed by atoms with Gasteiger partial charge in [-0.25, -0.2) is 4.90 Å². The maximum absolute atomic E-state index is 13.7. The number of ether oxygens (including phenoxy) is 1. The molecule has 0 bridgehead atoms. The van der Waals surface area contributed by atoms with E-state index in [4.69, 9.17) is 16.3 Å². The Kier molecular flexibility index (Phi) is 5.95. The highest BCUT2D eigenvalue weighted by molar-refractivity contribution is 8.00. The molecule has 2 amide bonds. The summed E-state index contributed by atoms with van der Waals surface area (Å²) in [6, 6.07) is 24.0. The van der Waals surface area contributed by atoms with Crippen LogP contribution in [-0.4, -0.2) is 22.0 Å². The Balaban J connectivity index is 1.32. The summed E-state index contributed by atoms with van der Waals surface area (Å²) in [5, 5.41) is 0.723. The van der Waals surface area contributed by atoms with E-state index in [0.717, 1.165) is 27.3 Å². The molecule has 4 aromatic rings. The van der Waals surface area contributed by atoms with Crippen molar-refractivity contribution in [1.82, 2.24) is 4.98 Å². The number of carbonyl (C=O) groups excluding carboxylic acids is 2. The van der Waals surface area contributed by atoms with Gasteiger partial charge in [0.05, 0.1) is 16.6 Å². The molecular weight excluding hydrogens is 516 g/mol. The summed E-state index contributed by atoms with van der Waals surface area (Å²) in [4.78, 5) is 44.1. The second-order valence-electron chi connectivity index (χ2n) is 8.58. The number of thioether (sulfide) groups is 1. The van der Waals surface area contributed by atoms with Gasteiger partial charge in [-0.3, -0.25) is 14.4 Å². The largest absolute Gasteiger partial charge is 0.489 e. The number of benzene rings is 3. The summed E-state index contributed by atoms with van der Waals surface area (Å²) in [6.07, 6.45) is 0. The highest BCUT2D eigenvalue weighted by atomic mass is 35.5. The first kappa shape index (κ1) is 23.1. The number of nitrogens with zero attached hydrogens (tertiary/aromatic N) is 1. The van der Waals surface area contributed by atoms with Crippen LogP contribution >= 0.6 is 34.7 Å². The maximum atomic E-state index is 13.7. The van der Waals surface area contributed by atoms with Gasteiger partial charge in [0.15, 0.2) is 0 Å². The third-order valence-electron chi connectivity index (χ3n) is 6.40. The molecule has 0 spiro atoms. The van der Waals surface area contributed by atoms with E-state index in [0.29, 0.717) is 28.1 Å². The van der Waals surface area contributed by atoms with Gasteiger partial charge in [0, 0.05) is 15.8 Å². The monoisotopic (exact) mass is 534 g/mol. The first-order chi connectivity index (χ1) is 17.5. The third kappa shape index (κ3) is 4.05. The molecule has 2 aliphatic heterocycles. The lowest BCUT2D eigenvalue weighted by atomic mass is 9.83. The van der Waals surface area contributed by atoms with Gasteiger partial charge < -0.3 is 9.72 Å². The van der Waals surface area contributed by atoms with Gasteiger partial charge in [-0.2, -0.15) is 0 Å². The summed E-state index contributed by atoms with van der Waals surface area (Å²) in [6.45, 7) is 0.393. The van der Waals surface area contributed by atoms with Crippen molar-refractivity contribution < 1.29 is 14.3 Å². The van der Waals surface area contributed by atoms with E-state index < -0.39 is 17.1 Å². The van der Waals surface area contributed by atoms with E-state index in [-0.39, 0.29) is 16.7 Å². The van der Waals surface area contributed by atoms with Gasteiger partial charge in [0.2, 0.25) is 11.8 Å². The molecule has 6 nitrogen and oxygen atoms in total. The fourth-order valence-corrected chi connectivity index (χ4v) is 7.37. The van der Waals surface area contributed by atoms with Gasteiger partial charge in [-0.15, -0.1) is 0 Å². The van der Waals surface area contributed by atoms with Crippen molar-refractivity contribution in [3.05, 3.63) is 110 Å². The number of imide groups is 1. The molecule has 3 atom stereocenters. The highest BCUT2D eigenvalue weighted by Crippen LogP contribution is 2.53. The summed E-state index contributed by atoms with van der Waals surface area (Å²) in [7, 11) is 0. The van der Waals surface area contributed by atoms with Crippen molar-refractivity contribution in [2.45, 2.75) is 22.8 Å². The number of aromatic amines is 1. The van der Waals surface area contributed by atoms with Crippen LogP contribution < -0.4 is 14.5 Å². The number of amides is 2. The zero-order valence-corrected chi connectivity index (χ0v) is 21.1. The Hall–Kier alpha value is -3.33. The average molecular weight is 535 g/mol. The van der Waals surface area contributed by atoms with Gasteiger partial charge in [-0.1, -0.05) is 77.2 Å². The number of halogens is 1. The Morgan fingerprint density at radius 2 is 1.61 bits per heavy atom. The SMILES string of the molecule is O=C1C2Sc3[nH]c(=O)sc3C(c3ccc(OCc4ccc(Cl)cc4)cc3)C2C(=O)N1c1ccccc1. The summed E-state index contributed by atoms with van der Waals surface area (Å²) < 4.78 is 5.92. The molecule has 0 radical (unpaired) electrons. The fraction of sp³-hybridized carbons (Fsp3) is 0.148. The van der Waals surface area contributed by atoms with Crippen LogP contribution in [0.2, 0.25) is 5.02 Å². The normalized spacial score (nSPS) is 20.8. The van der Waals surface area contributed by atoms with E-state index in [1.165, 1.54) is 16.7 Å². The van der Waals surface area contributed by atoms with Crippen molar-refractivity contribution >= 4 is 52.2 Å². The van der Waals surface area contributed by atoms with Crippen LogP contribution in [0.4, 0.5) is 5.69 Å². The molecule has 1 N–H and O–H groups in total. The number of para-hydroxylation sites is 1. The molecule has 1 aromatic heterocycles. The molecule has 1 fully saturated rings. The number of fused-ring (bicyclic) bond motifs is 2. The number of rotatable bonds is 5. The van der Waals surface area contributed by atoms with Gasteiger partial charge in [-0.05, 0) is 47.5 Å². The predicted octanol–water partition coefficient (Wildman–Crippen LogP) is 5.46. The average Bonchev–Trinajstić information content (AvgIpc) is 3.39. The number of anilines is 1. The highest BCUT2D eigenvalue weighted by Gasteiger charge is 2.56. The van der Waals surface area contributed by atoms with Crippen LogP contribution in [0, 0.1) is 5.92 Å². The number of nitrogens with one attached hydrogen (secondary N) is 1. The van der Waals surface area contributed by atoms with Crippen LogP contribution in [0.5, 0.6) is 5.75 Å². The molecule has 0 aliphatic carbocycles. The molecule has 3 aromatic carbocycles. The molecule has 9 heteroatoms. The van der Waals surface area contributed by atoms with Crippen molar-refractivity contribution in [2.75, 3.05) is 4.90 Å². The van der Waals surface area contributed by atoms with Gasteiger partial charge >= 0.3 is 4.87 Å². The Morgan fingerprint density at radius 3 is 2.33 bits per heavy atom. The van der Waals surface area contributed by atoms with E-state index >= 15 is 0 Å². The van der Waals surface area contributed by atoms with E-state index in [9.17, 15) is 14.4 Å². The van der Waals surface area contributed by atoms with Crippen LogP contribution in [-0.2, 0) is 16.2 Å². The minimum Gasteiger partial charge on any atom is -0.489 e. The van der Waals surface area contributed by atoms with E-state index in [1.54, 1.807) is 24.3 Å². The zero-order valence-electron chi connectivity index (χ0n) is 18.7. The van der Waals surface area contributed by atoms with Gasteiger partial charge in [0.1, 0.15) is 17.6 Å². The zero-order chi connectivity index (χ0) is 24.8. The van der Waals surface area contributed by atoms with Crippen molar-refractivity contribution in [3.8, 4) is 5.75 Å². The number of hydrogen-bond donors (Lipinski definition) is 1. The number of thiazole rings is 1. The minimum atomic E-state index is -0.610. The number of H-pyrrole nitrogens is 1. The smallest absolute Gasteiger partial charge is 0.305 e. The molecule has 180 valence electrons. The standard InChI is InChI=1S/C27H19ClN2O4S2/c28-17-10-6-15(7-11-17)14-34-19-12-8-16(9-13-19)20-21-23(35-24-22(20)36-27(33)29-24)26(32)30(25(21)31)18-4-2-1-3-5-18/h1-13,20-21,23H,14H2,(H,29,33). The first-order valence-corrected chi connectivity index (χ1v) is 13.4. The fourth-order valence-electron chi connectivity index (χ4n) is 4.73. The summed E-state index contributed by atoms with van der Waals surface area (Å²) in [5.74, 6) is -0.846. The molecule has 36 heavy (non-hydrogen) atoms. The lowest BCUT2D eigenvalue weighted by Crippen LogP contribution is -2.32. The van der Waals surface area contributed by atoms with E-state index in [1.807, 2.05) is 54.6 Å². The second kappa shape index (κ2) is 9.28. The van der Waals surface area contributed by atoms with Crippen molar-refractivity contribution in [2.24, 2.45) is 5.92 Å². The molecule has 3 unspecified atom stereocenters. The lowest BCUT2D eigenvalue weighted by molar-refractivity contribution is -0.122. The number of hydrogen-bond acceptors (Lipinski definition) is 6. The Morgan fingerprint density at radius 1 is 0.889 bits per heavy atom. The van der Waals surface area contributed by atoms with Crippen LogP contribution in [0.15, 0.2) is 88.7 Å². The maximum Gasteiger partial charge on any atom is 0.305 e. The predicted molar refractivity (Wildman–Crippen MR) is 141 cm³/mol. The second-order valence-corrected chi connectivity index (χ2v) is 11.2. The topological polar surface area (TPSA) is 79.5 Å².